The summed E-state index contributed by atoms with van der Waals surface area (Å²) in [6, 6.07) is 19.6. The molecular weight excluding hydrogens is 418 g/mol. The van der Waals surface area contributed by atoms with Crippen LogP contribution in [0.3, 0.4) is 0 Å². The maximum Gasteiger partial charge on any atom is 0.257 e. The zero-order valence-corrected chi connectivity index (χ0v) is 18.8. The van der Waals surface area contributed by atoms with Crippen LogP contribution in [0.25, 0.3) is 16.9 Å². The lowest BCUT2D eigenvalue weighted by Gasteiger charge is -2.34. The zero-order chi connectivity index (χ0) is 23.0. The molecule has 8 nitrogen and oxygen atoms in total. The molecular formula is C25H29N5O3. The Morgan fingerprint density at radius 1 is 0.970 bits per heavy atom. The average Bonchev–Trinajstić information content (AvgIpc) is 3.31. The summed E-state index contributed by atoms with van der Waals surface area (Å²) >= 11 is 0. The van der Waals surface area contributed by atoms with E-state index >= 15 is 0 Å². The summed E-state index contributed by atoms with van der Waals surface area (Å²) in [4.78, 5) is 29.5. The van der Waals surface area contributed by atoms with Gasteiger partial charge in [0.05, 0.1) is 24.4 Å². The molecule has 1 aromatic heterocycles. The number of hydrogen-bond donors (Lipinski definition) is 1. The third-order valence-electron chi connectivity index (χ3n) is 5.67. The number of amides is 2. The van der Waals surface area contributed by atoms with Gasteiger partial charge in [0.1, 0.15) is 5.69 Å². The quantitative estimate of drug-likeness (QED) is 0.535. The molecule has 0 spiro atoms. The van der Waals surface area contributed by atoms with E-state index in [1.54, 1.807) is 11.8 Å². The lowest BCUT2D eigenvalue weighted by molar-refractivity contribution is -0.122. The third kappa shape index (κ3) is 5.66. The molecule has 1 N–H and O–H groups in total. The Bertz CT molecular complexity index is 1060. The van der Waals surface area contributed by atoms with E-state index in [9.17, 15) is 9.59 Å². The van der Waals surface area contributed by atoms with Gasteiger partial charge in [0.2, 0.25) is 5.91 Å². The minimum absolute atomic E-state index is 0.0256. The van der Waals surface area contributed by atoms with Crippen LogP contribution in [-0.4, -0.2) is 84.4 Å². The van der Waals surface area contributed by atoms with Gasteiger partial charge in [0.15, 0.2) is 0 Å². The van der Waals surface area contributed by atoms with Crippen molar-refractivity contribution in [1.82, 2.24) is 24.9 Å². The fourth-order valence-corrected chi connectivity index (χ4v) is 3.88. The molecule has 2 heterocycles. The standard InChI is InChI=1S/C25H29N5O3/c1-33-17-12-26-23(31)19-28-13-15-29(16-14-28)25(32)22-18-30(21-10-6-3-7-11-21)27-24(22)20-8-4-2-5-9-20/h2-11,18H,12-17,19H2,1H3,(H,26,31). The molecule has 1 saturated heterocycles. The number of carbonyl (C=O) groups is 2. The molecule has 0 unspecified atom stereocenters. The van der Waals surface area contributed by atoms with E-state index < -0.39 is 0 Å². The highest BCUT2D eigenvalue weighted by molar-refractivity contribution is 6.00. The van der Waals surface area contributed by atoms with Crippen LogP contribution >= 0.6 is 0 Å². The van der Waals surface area contributed by atoms with Crippen molar-refractivity contribution in [2.24, 2.45) is 0 Å². The number of nitrogens with one attached hydrogen (secondary N) is 1. The van der Waals surface area contributed by atoms with Gasteiger partial charge in [0.25, 0.3) is 5.91 Å². The summed E-state index contributed by atoms with van der Waals surface area (Å²) in [7, 11) is 1.61. The topological polar surface area (TPSA) is 79.7 Å². The monoisotopic (exact) mass is 447 g/mol. The van der Waals surface area contributed by atoms with E-state index in [2.05, 4.69) is 10.2 Å². The first kappa shape index (κ1) is 22.7. The third-order valence-corrected chi connectivity index (χ3v) is 5.67. The lowest BCUT2D eigenvalue weighted by atomic mass is 10.1. The van der Waals surface area contributed by atoms with Gasteiger partial charge >= 0.3 is 0 Å². The van der Waals surface area contributed by atoms with E-state index in [0.717, 1.165) is 11.3 Å². The smallest absolute Gasteiger partial charge is 0.257 e. The van der Waals surface area contributed by atoms with Crippen molar-refractivity contribution in [3.8, 4) is 16.9 Å². The Hall–Kier alpha value is -3.49. The molecule has 2 aromatic carbocycles. The maximum absolute atomic E-state index is 13.5. The zero-order valence-electron chi connectivity index (χ0n) is 18.8. The van der Waals surface area contributed by atoms with Gasteiger partial charge in [0, 0.05) is 51.6 Å². The van der Waals surface area contributed by atoms with Gasteiger partial charge in [-0.1, -0.05) is 48.5 Å². The van der Waals surface area contributed by atoms with Crippen LogP contribution in [0, 0.1) is 0 Å². The number of carbonyl (C=O) groups excluding carboxylic acids is 2. The number of ether oxygens (including phenoxy) is 1. The van der Waals surface area contributed by atoms with Gasteiger partial charge in [-0.15, -0.1) is 0 Å². The molecule has 1 aliphatic heterocycles. The summed E-state index contributed by atoms with van der Waals surface area (Å²) in [6.45, 7) is 3.75. The van der Waals surface area contributed by atoms with Crippen LogP contribution in [0.1, 0.15) is 10.4 Å². The number of hydrogen-bond acceptors (Lipinski definition) is 5. The number of aromatic nitrogens is 2. The fourth-order valence-electron chi connectivity index (χ4n) is 3.88. The molecule has 0 aliphatic carbocycles. The van der Waals surface area contributed by atoms with Crippen LogP contribution in [0.15, 0.2) is 66.9 Å². The number of piperazine rings is 1. The van der Waals surface area contributed by atoms with E-state index in [1.165, 1.54) is 0 Å². The first-order chi connectivity index (χ1) is 16.2. The SMILES string of the molecule is COCCNC(=O)CN1CCN(C(=O)c2cn(-c3ccccc3)nc2-c2ccccc2)CC1. The molecule has 4 rings (SSSR count). The molecule has 3 aromatic rings. The maximum atomic E-state index is 13.5. The van der Waals surface area contributed by atoms with Gasteiger partial charge in [-0.25, -0.2) is 4.68 Å². The van der Waals surface area contributed by atoms with Crippen LogP contribution < -0.4 is 5.32 Å². The summed E-state index contributed by atoms with van der Waals surface area (Å²) in [5, 5.41) is 7.59. The van der Waals surface area contributed by atoms with Crippen molar-refractivity contribution in [3.05, 3.63) is 72.4 Å². The molecule has 0 bridgehead atoms. The van der Waals surface area contributed by atoms with Crippen molar-refractivity contribution in [2.45, 2.75) is 0 Å². The molecule has 0 radical (unpaired) electrons. The Balaban J connectivity index is 1.47. The Kier molecular flexibility index (Phi) is 7.49. The average molecular weight is 448 g/mol. The highest BCUT2D eigenvalue weighted by Crippen LogP contribution is 2.25. The highest BCUT2D eigenvalue weighted by atomic mass is 16.5. The number of rotatable bonds is 8. The molecule has 2 amide bonds. The summed E-state index contributed by atoms with van der Waals surface area (Å²) < 4.78 is 6.72. The second-order valence-electron chi connectivity index (χ2n) is 7.95. The fraction of sp³-hybridized carbons (Fsp3) is 0.320. The first-order valence-electron chi connectivity index (χ1n) is 11.1. The number of methoxy groups -OCH3 is 1. The number of para-hydroxylation sites is 1. The van der Waals surface area contributed by atoms with Gasteiger partial charge in [-0.2, -0.15) is 5.10 Å². The summed E-state index contributed by atoms with van der Waals surface area (Å²) in [5.74, 6) is -0.0671. The predicted molar refractivity (Wildman–Crippen MR) is 126 cm³/mol. The molecule has 172 valence electrons. The molecule has 33 heavy (non-hydrogen) atoms. The van der Waals surface area contributed by atoms with E-state index in [-0.39, 0.29) is 11.8 Å². The Labute approximate surface area is 193 Å². The first-order valence-corrected chi connectivity index (χ1v) is 11.1. The molecule has 0 atom stereocenters. The minimum atomic E-state index is -0.0415. The van der Waals surface area contributed by atoms with Crippen molar-refractivity contribution >= 4 is 11.8 Å². The van der Waals surface area contributed by atoms with Crippen molar-refractivity contribution < 1.29 is 14.3 Å². The lowest BCUT2D eigenvalue weighted by Crippen LogP contribution is -2.51. The van der Waals surface area contributed by atoms with Crippen LogP contribution in [0.4, 0.5) is 0 Å². The van der Waals surface area contributed by atoms with Crippen LogP contribution in [0.2, 0.25) is 0 Å². The number of nitrogens with zero attached hydrogens (tertiary/aromatic N) is 4. The van der Waals surface area contributed by atoms with Gasteiger partial charge in [-0.05, 0) is 12.1 Å². The molecule has 0 saturated carbocycles. The predicted octanol–water partition coefficient (Wildman–Crippen LogP) is 2.06. The Morgan fingerprint density at radius 3 is 2.30 bits per heavy atom. The van der Waals surface area contributed by atoms with Crippen molar-refractivity contribution in [3.63, 3.8) is 0 Å². The molecule has 8 heteroatoms. The second-order valence-corrected chi connectivity index (χ2v) is 7.95. The van der Waals surface area contributed by atoms with Crippen molar-refractivity contribution in [1.29, 1.82) is 0 Å². The van der Waals surface area contributed by atoms with Crippen molar-refractivity contribution in [2.75, 3.05) is 53.0 Å². The van der Waals surface area contributed by atoms with E-state index in [0.29, 0.717) is 57.1 Å². The van der Waals surface area contributed by atoms with Crippen LogP contribution in [-0.2, 0) is 9.53 Å². The summed E-state index contributed by atoms with van der Waals surface area (Å²) in [5.41, 5.74) is 3.06. The highest BCUT2D eigenvalue weighted by Gasteiger charge is 2.27. The molecule has 1 fully saturated rings. The minimum Gasteiger partial charge on any atom is -0.383 e. The van der Waals surface area contributed by atoms with Gasteiger partial charge in [-0.3, -0.25) is 14.5 Å². The number of benzene rings is 2. The van der Waals surface area contributed by atoms with E-state index in [4.69, 9.17) is 9.84 Å². The van der Waals surface area contributed by atoms with Gasteiger partial charge < -0.3 is 15.0 Å². The molecule has 1 aliphatic rings. The Morgan fingerprint density at radius 2 is 1.64 bits per heavy atom. The van der Waals surface area contributed by atoms with Crippen LogP contribution in [0.5, 0.6) is 0 Å². The van der Waals surface area contributed by atoms with E-state index in [1.807, 2.05) is 71.8 Å². The normalized spacial score (nSPS) is 14.3. The largest absolute Gasteiger partial charge is 0.383 e. The second kappa shape index (κ2) is 10.9. The summed E-state index contributed by atoms with van der Waals surface area (Å²) in [6.07, 6.45) is 1.82.